The zero-order valence-corrected chi connectivity index (χ0v) is 16.1. The summed E-state index contributed by atoms with van der Waals surface area (Å²) in [6, 6.07) is 0. The van der Waals surface area contributed by atoms with E-state index in [1.165, 1.54) is 38.5 Å². The van der Waals surface area contributed by atoms with Crippen LogP contribution in [0.3, 0.4) is 0 Å². The molecule has 0 aromatic rings. The highest BCUT2D eigenvalue weighted by Gasteiger charge is 2.23. The standard InChI is InChI=1S/C19H41N2O2/c1-5-8-9-10-11-12-13-14-19(23)20(4)15-16-21(6-2,7-3)17-18-22/h22H,5-18H2,1-4H3/q+1. The maximum Gasteiger partial charge on any atom is 0.222 e. The first kappa shape index (κ1) is 22.4. The van der Waals surface area contributed by atoms with E-state index in [0.717, 1.165) is 43.6 Å². The van der Waals surface area contributed by atoms with Crippen LogP contribution in [0.25, 0.3) is 0 Å². The van der Waals surface area contributed by atoms with E-state index in [1.807, 2.05) is 11.9 Å². The first-order valence-electron chi connectivity index (χ1n) is 9.75. The van der Waals surface area contributed by atoms with Crippen LogP contribution in [0.2, 0.25) is 0 Å². The van der Waals surface area contributed by atoms with E-state index in [-0.39, 0.29) is 12.5 Å². The number of hydrogen-bond donors (Lipinski definition) is 1. The van der Waals surface area contributed by atoms with Gasteiger partial charge in [0.05, 0.1) is 32.8 Å². The summed E-state index contributed by atoms with van der Waals surface area (Å²) in [5.74, 6) is 0.271. The van der Waals surface area contributed by atoms with E-state index in [1.54, 1.807) is 0 Å². The molecule has 0 fully saturated rings. The number of unbranched alkanes of at least 4 members (excludes halogenated alkanes) is 6. The first-order valence-corrected chi connectivity index (χ1v) is 9.75. The van der Waals surface area contributed by atoms with Crippen molar-refractivity contribution in [3.05, 3.63) is 0 Å². The number of amides is 1. The van der Waals surface area contributed by atoms with E-state index in [4.69, 9.17) is 0 Å². The molecule has 0 aliphatic rings. The van der Waals surface area contributed by atoms with Gasteiger partial charge in [0.1, 0.15) is 6.54 Å². The van der Waals surface area contributed by atoms with Crippen molar-refractivity contribution in [2.45, 2.75) is 72.1 Å². The molecule has 0 rings (SSSR count). The van der Waals surface area contributed by atoms with Crippen molar-refractivity contribution in [2.24, 2.45) is 0 Å². The van der Waals surface area contributed by atoms with Crippen LogP contribution in [0.15, 0.2) is 0 Å². The van der Waals surface area contributed by atoms with Crippen LogP contribution in [-0.4, -0.2) is 66.8 Å². The molecule has 0 radical (unpaired) electrons. The Hall–Kier alpha value is -0.610. The van der Waals surface area contributed by atoms with Crippen LogP contribution in [0.1, 0.15) is 72.1 Å². The summed E-state index contributed by atoms with van der Waals surface area (Å²) < 4.78 is 0.894. The average molecular weight is 330 g/mol. The minimum absolute atomic E-state index is 0.220. The number of likely N-dealkylation sites (N-methyl/N-ethyl adjacent to an activating group) is 2. The molecule has 1 amide bonds. The van der Waals surface area contributed by atoms with Crippen molar-refractivity contribution in [3.63, 3.8) is 0 Å². The third-order valence-corrected chi connectivity index (χ3v) is 5.25. The molecule has 0 unspecified atom stereocenters. The number of carbonyl (C=O) groups excluding carboxylic acids is 1. The third-order valence-electron chi connectivity index (χ3n) is 5.25. The van der Waals surface area contributed by atoms with Gasteiger partial charge < -0.3 is 14.5 Å². The normalized spacial score (nSPS) is 11.7. The molecule has 0 saturated carbocycles. The average Bonchev–Trinajstić information content (AvgIpc) is 2.57. The van der Waals surface area contributed by atoms with Crippen molar-refractivity contribution < 1.29 is 14.4 Å². The summed E-state index contributed by atoms with van der Waals surface area (Å²) in [6.45, 7) is 11.3. The van der Waals surface area contributed by atoms with E-state index in [9.17, 15) is 9.90 Å². The van der Waals surface area contributed by atoms with Crippen LogP contribution in [-0.2, 0) is 4.79 Å². The van der Waals surface area contributed by atoms with Crippen molar-refractivity contribution >= 4 is 5.91 Å². The highest BCUT2D eigenvalue weighted by molar-refractivity contribution is 5.75. The summed E-state index contributed by atoms with van der Waals surface area (Å²) in [6.07, 6.45) is 9.42. The summed E-state index contributed by atoms with van der Waals surface area (Å²) in [5, 5.41) is 9.26. The number of carbonyl (C=O) groups is 1. The molecular weight excluding hydrogens is 288 g/mol. The fraction of sp³-hybridized carbons (Fsp3) is 0.947. The quantitative estimate of drug-likeness (QED) is 0.369. The Bertz CT molecular complexity index is 291. The molecule has 0 spiro atoms. The second-order valence-electron chi connectivity index (χ2n) is 6.83. The zero-order chi connectivity index (χ0) is 17.6. The fourth-order valence-electron chi connectivity index (χ4n) is 3.09. The molecule has 1 N–H and O–H groups in total. The minimum Gasteiger partial charge on any atom is -0.391 e. The predicted octanol–water partition coefficient (Wildman–Crippen LogP) is 3.43. The smallest absolute Gasteiger partial charge is 0.222 e. The van der Waals surface area contributed by atoms with E-state index in [2.05, 4.69) is 20.8 Å². The lowest BCUT2D eigenvalue weighted by atomic mass is 10.1. The van der Waals surface area contributed by atoms with Gasteiger partial charge in [-0.05, 0) is 20.3 Å². The van der Waals surface area contributed by atoms with Crippen molar-refractivity contribution in [3.8, 4) is 0 Å². The molecule has 4 nitrogen and oxygen atoms in total. The molecule has 0 saturated heterocycles. The summed E-state index contributed by atoms with van der Waals surface area (Å²) >= 11 is 0. The summed E-state index contributed by atoms with van der Waals surface area (Å²) in [7, 11) is 1.92. The Labute approximate surface area is 144 Å². The number of aliphatic hydroxyl groups excluding tert-OH is 1. The van der Waals surface area contributed by atoms with Crippen molar-refractivity contribution in [1.29, 1.82) is 0 Å². The lowest BCUT2D eigenvalue weighted by Crippen LogP contribution is -2.53. The van der Waals surface area contributed by atoms with Crippen LogP contribution in [0.5, 0.6) is 0 Å². The van der Waals surface area contributed by atoms with Gasteiger partial charge in [-0.25, -0.2) is 0 Å². The van der Waals surface area contributed by atoms with Crippen LogP contribution in [0, 0.1) is 0 Å². The van der Waals surface area contributed by atoms with E-state index < -0.39 is 0 Å². The number of aliphatic hydroxyl groups is 1. The molecule has 0 aliphatic carbocycles. The Kier molecular flexibility index (Phi) is 13.4. The number of hydrogen-bond acceptors (Lipinski definition) is 2. The molecule has 138 valence electrons. The first-order chi connectivity index (χ1) is 11.0. The monoisotopic (exact) mass is 329 g/mol. The highest BCUT2D eigenvalue weighted by atomic mass is 16.3. The number of quaternary nitrogens is 1. The van der Waals surface area contributed by atoms with Gasteiger partial charge in [-0.2, -0.15) is 0 Å². The van der Waals surface area contributed by atoms with E-state index >= 15 is 0 Å². The second kappa shape index (κ2) is 13.8. The Morgan fingerprint density at radius 2 is 1.48 bits per heavy atom. The Morgan fingerprint density at radius 1 is 0.913 bits per heavy atom. The van der Waals surface area contributed by atoms with Crippen LogP contribution in [0.4, 0.5) is 0 Å². The molecular formula is C19H41N2O2+. The van der Waals surface area contributed by atoms with Crippen molar-refractivity contribution in [1.82, 2.24) is 4.90 Å². The molecule has 0 bridgehead atoms. The van der Waals surface area contributed by atoms with Gasteiger partial charge in [0, 0.05) is 13.5 Å². The largest absolute Gasteiger partial charge is 0.391 e. The molecule has 4 heteroatoms. The molecule has 0 atom stereocenters. The maximum atomic E-state index is 12.2. The predicted molar refractivity (Wildman–Crippen MR) is 98.4 cm³/mol. The summed E-state index contributed by atoms with van der Waals surface area (Å²) in [5.41, 5.74) is 0. The van der Waals surface area contributed by atoms with Gasteiger partial charge in [0.2, 0.25) is 5.91 Å². The van der Waals surface area contributed by atoms with Gasteiger partial charge >= 0.3 is 0 Å². The van der Waals surface area contributed by atoms with E-state index in [0.29, 0.717) is 6.42 Å². The van der Waals surface area contributed by atoms with Gasteiger partial charge in [-0.15, -0.1) is 0 Å². The SMILES string of the molecule is CCCCCCCCCC(=O)N(C)CC[N+](CC)(CC)CCO. The Morgan fingerprint density at radius 3 is 2.00 bits per heavy atom. The lowest BCUT2D eigenvalue weighted by Gasteiger charge is -2.37. The van der Waals surface area contributed by atoms with Gasteiger partial charge in [-0.1, -0.05) is 45.4 Å². The van der Waals surface area contributed by atoms with Gasteiger partial charge in [0.25, 0.3) is 0 Å². The van der Waals surface area contributed by atoms with Gasteiger partial charge in [0.15, 0.2) is 0 Å². The summed E-state index contributed by atoms with van der Waals surface area (Å²) in [4.78, 5) is 14.1. The zero-order valence-electron chi connectivity index (χ0n) is 16.1. The molecule has 0 aliphatic heterocycles. The fourth-order valence-corrected chi connectivity index (χ4v) is 3.09. The molecule has 23 heavy (non-hydrogen) atoms. The Balaban J connectivity index is 3.92. The molecule has 0 aromatic heterocycles. The van der Waals surface area contributed by atoms with Crippen LogP contribution >= 0.6 is 0 Å². The van der Waals surface area contributed by atoms with Crippen LogP contribution < -0.4 is 0 Å². The number of rotatable bonds is 15. The second-order valence-corrected chi connectivity index (χ2v) is 6.83. The minimum atomic E-state index is 0.220. The molecule has 0 heterocycles. The highest BCUT2D eigenvalue weighted by Crippen LogP contribution is 2.10. The number of nitrogens with zero attached hydrogens (tertiary/aromatic N) is 2. The van der Waals surface area contributed by atoms with Crippen molar-refractivity contribution in [2.75, 3.05) is 46.4 Å². The molecule has 0 aromatic carbocycles. The topological polar surface area (TPSA) is 40.5 Å². The third kappa shape index (κ3) is 9.98. The maximum absolute atomic E-state index is 12.2. The van der Waals surface area contributed by atoms with Gasteiger partial charge in [-0.3, -0.25) is 4.79 Å². The lowest BCUT2D eigenvalue weighted by molar-refractivity contribution is -0.924.